The summed E-state index contributed by atoms with van der Waals surface area (Å²) in [5.41, 5.74) is 3.23. The minimum absolute atomic E-state index is 0.0538. The topological polar surface area (TPSA) is 40.6 Å². The van der Waals surface area contributed by atoms with Gasteiger partial charge in [0, 0.05) is 35.7 Å². The Kier molecular flexibility index (Phi) is 5.82. The van der Waals surface area contributed by atoms with Gasteiger partial charge in [0.15, 0.2) is 0 Å². The largest absolute Gasteiger partial charge is 0.293 e. The molecule has 0 bridgehead atoms. The van der Waals surface area contributed by atoms with Gasteiger partial charge in [0.25, 0.3) is 11.8 Å². The van der Waals surface area contributed by atoms with Crippen molar-refractivity contribution in [1.82, 2.24) is 9.80 Å². The lowest BCUT2D eigenvalue weighted by atomic mass is 10.0. The zero-order valence-corrected chi connectivity index (χ0v) is 18.1. The summed E-state index contributed by atoms with van der Waals surface area (Å²) in [5.74, 6) is 1.60. The third kappa shape index (κ3) is 3.87. The average molecular weight is 445 g/mol. The van der Waals surface area contributed by atoms with Gasteiger partial charge in [-0.05, 0) is 35.4 Å². The van der Waals surface area contributed by atoms with E-state index in [1.807, 2.05) is 48.5 Å². The summed E-state index contributed by atoms with van der Waals surface area (Å²) in [7, 11) is 0. The summed E-state index contributed by atoms with van der Waals surface area (Å²) in [6.45, 7) is 1.33. The Bertz CT molecular complexity index is 878. The maximum absolute atomic E-state index is 12.5. The van der Waals surface area contributed by atoms with Crippen LogP contribution in [0.1, 0.15) is 20.7 Å². The predicted octanol–water partition coefficient (Wildman–Crippen LogP) is 4.30. The smallest absolute Gasteiger partial charge is 0.259 e. The van der Waals surface area contributed by atoms with Crippen molar-refractivity contribution in [3.63, 3.8) is 0 Å². The first-order valence-electron chi connectivity index (χ1n) is 8.72. The molecule has 2 fully saturated rings. The van der Waals surface area contributed by atoms with Crippen molar-refractivity contribution in [2.45, 2.75) is 0 Å². The molecule has 2 aromatic carbocycles. The number of hydrogen-bond acceptors (Lipinski definition) is 6. The summed E-state index contributed by atoms with van der Waals surface area (Å²) in [6, 6.07) is 15.0. The molecule has 2 aliphatic heterocycles. The summed E-state index contributed by atoms with van der Waals surface area (Å²) in [5, 5.41) is 0. The molecule has 4 rings (SSSR count). The molecule has 2 aliphatic rings. The van der Waals surface area contributed by atoms with Crippen molar-refractivity contribution in [3.8, 4) is 11.1 Å². The van der Waals surface area contributed by atoms with Crippen LogP contribution >= 0.6 is 48.0 Å². The van der Waals surface area contributed by atoms with Crippen molar-refractivity contribution in [3.05, 3.63) is 59.7 Å². The molecule has 8 heteroatoms. The van der Waals surface area contributed by atoms with E-state index in [-0.39, 0.29) is 11.8 Å². The van der Waals surface area contributed by atoms with Crippen molar-refractivity contribution >= 4 is 68.4 Å². The predicted molar refractivity (Wildman–Crippen MR) is 124 cm³/mol. The number of amides is 2. The lowest BCUT2D eigenvalue weighted by molar-refractivity contribution is 0.0853. The van der Waals surface area contributed by atoms with Crippen LogP contribution in [0.25, 0.3) is 11.1 Å². The van der Waals surface area contributed by atoms with E-state index in [4.69, 9.17) is 24.4 Å². The number of carbonyl (C=O) groups excluding carboxylic acids is 2. The molecule has 2 aromatic rings. The van der Waals surface area contributed by atoms with Crippen LogP contribution in [0.4, 0.5) is 0 Å². The highest BCUT2D eigenvalue weighted by atomic mass is 32.2. The van der Waals surface area contributed by atoms with Gasteiger partial charge in [0.1, 0.15) is 8.64 Å². The van der Waals surface area contributed by atoms with Crippen molar-refractivity contribution < 1.29 is 9.59 Å². The highest BCUT2D eigenvalue weighted by Gasteiger charge is 2.26. The van der Waals surface area contributed by atoms with Gasteiger partial charge >= 0.3 is 0 Å². The normalized spacial score (nSPS) is 16.7. The standard InChI is InChI=1S/C20H16N2O2S4/c23-17(21-9-11-27-19(21)25)15-5-1-13(2-6-15)14-3-7-16(8-4-14)18(24)22-10-12-28-20(22)26/h1-8H,9-12H2. The van der Waals surface area contributed by atoms with Crippen LogP contribution in [0, 0.1) is 0 Å². The molecule has 142 valence electrons. The first kappa shape index (κ1) is 19.6. The van der Waals surface area contributed by atoms with Gasteiger partial charge in [0.2, 0.25) is 0 Å². The Morgan fingerprint density at radius 3 is 1.32 bits per heavy atom. The molecule has 0 radical (unpaired) electrons. The lowest BCUT2D eigenvalue weighted by Crippen LogP contribution is -2.30. The molecule has 0 atom stereocenters. The number of rotatable bonds is 3. The number of hydrogen-bond donors (Lipinski definition) is 0. The molecule has 0 spiro atoms. The lowest BCUT2D eigenvalue weighted by Gasteiger charge is -2.15. The fourth-order valence-corrected chi connectivity index (χ4v) is 5.48. The highest BCUT2D eigenvalue weighted by Crippen LogP contribution is 2.25. The van der Waals surface area contributed by atoms with Gasteiger partial charge < -0.3 is 0 Å². The van der Waals surface area contributed by atoms with E-state index >= 15 is 0 Å². The summed E-state index contributed by atoms with van der Waals surface area (Å²) < 4.78 is 1.29. The van der Waals surface area contributed by atoms with Crippen LogP contribution in [0.5, 0.6) is 0 Å². The van der Waals surface area contributed by atoms with Gasteiger partial charge in [-0.25, -0.2) is 0 Å². The average Bonchev–Trinajstić information content (AvgIpc) is 3.35. The summed E-state index contributed by atoms with van der Waals surface area (Å²) >= 11 is 13.5. The molecule has 0 unspecified atom stereocenters. The van der Waals surface area contributed by atoms with Crippen LogP contribution in [-0.2, 0) is 0 Å². The van der Waals surface area contributed by atoms with Gasteiger partial charge in [0.05, 0.1) is 0 Å². The first-order valence-corrected chi connectivity index (χ1v) is 11.5. The number of thiocarbonyl (C=S) groups is 2. The van der Waals surface area contributed by atoms with E-state index in [2.05, 4.69) is 0 Å². The maximum Gasteiger partial charge on any atom is 0.259 e. The van der Waals surface area contributed by atoms with Crippen LogP contribution in [0.2, 0.25) is 0 Å². The highest BCUT2D eigenvalue weighted by molar-refractivity contribution is 8.23. The fourth-order valence-electron chi connectivity index (χ4n) is 3.08. The zero-order valence-electron chi connectivity index (χ0n) is 14.8. The van der Waals surface area contributed by atoms with Gasteiger partial charge in [-0.15, -0.1) is 0 Å². The van der Waals surface area contributed by atoms with Gasteiger partial charge in [-0.3, -0.25) is 19.4 Å². The van der Waals surface area contributed by atoms with Gasteiger partial charge in [-0.2, -0.15) is 0 Å². The fraction of sp³-hybridized carbons (Fsp3) is 0.200. The van der Waals surface area contributed by atoms with E-state index in [9.17, 15) is 9.59 Å². The Morgan fingerprint density at radius 2 is 1.04 bits per heavy atom. The zero-order chi connectivity index (χ0) is 19.7. The second kappa shape index (κ2) is 8.32. The molecule has 0 N–H and O–H groups in total. The van der Waals surface area contributed by atoms with Crippen LogP contribution in [0.15, 0.2) is 48.5 Å². The summed E-state index contributed by atoms with van der Waals surface area (Å²) in [6.07, 6.45) is 0. The van der Waals surface area contributed by atoms with E-state index in [0.717, 1.165) is 22.6 Å². The molecule has 4 nitrogen and oxygen atoms in total. The summed E-state index contributed by atoms with van der Waals surface area (Å²) in [4.78, 5) is 28.4. The first-order chi connectivity index (χ1) is 13.5. The molecule has 2 saturated heterocycles. The second-order valence-corrected chi connectivity index (χ2v) is 9.75. The Morgan fingerprint density at radius 1 is 0.679 bits per heavy atom. The third-order valence-corrected chi connectivity index (χ3v) is 7.46. The molecule has 0 aromatic heterocycles. The number of thioether (sulfide) groups is 2. The maximum atomic E-state index is 12.5. The molecular weight excluding hydrogens is 429 g/mol. The molecule has 0 aliphatic carbocycles. The third-order valence-electron chi connectivity index (χ3n) is 4.61. The number of nitrogens with zero attached hydrogens (tertiary/aromatic N) is 2. The SMILES string of the molecule is O=C(c1ccc(-c2ccc(C(=O)N3CCSC3=S)cc2)cc1)N1CCSC1=S. The van der Waals surface area contributed by atoms with Crippen molar-refractivity contribution in [1.29, 1.82) is 0 Å². The van der Waals surface area contributed by atoms with E-state index < -0.39 is 0 Å². The minimum Gasteiger partial charge on any atom is -0.293 e. The van der Waals surface area contributed by atoms with E-state index in [1.165, 1.54) is 23.5 Å². The van der Waals surface area contributed by atoms with E-state index in [1.54, 1.807) is 9.80 Å². The quantitative estimate of drug-likeness (QED) is 0.658. The minimum atomic E-state index is -0.0538. The van der Waals surface area contributed by atoms with Crippen LogP contribution < -0.4 is 0 Å². The molecular formula is C20H16N2O2S4. The van der Waals surface area contributed by atoms with E-state index in [0.29, 0.717) is 32.9 Å². The molecule has 2 amide bonds. The second-order valence-electron chi connectivity index (χ2n) is 6.30. The number of carbonyl (C=O) groups is 2. The Labute approximate surface area is 182 Å². The van der Waals surface area contributed by atoms with Crippen LogP contribution in [-0.4, -0.2) is 54.9 Å². The van der Waals surface area contributed by atoms with Crippen molar-refractivity contribution in [2.75, 3.05) is 24.6 Å². The number of benzene rings is 2. The monoisotopic (exact) mass is 444 g/mol. The molecule has 0 saturated carbocycles. The van der Waals surface area contributed by atoms with Gasteiger partial charge in [-0.1, -0.05) is 72.2 Å². The molecule has 28 heavy (non-hydrogen) atoms. The van der Waals surface area contributed by atoms with Crippen molar-refractivity contribution in [2.24, 2.45) is 0 Å². The molecule has 2 heterocycles. The Balaban J connectivity index is 1.48. The Hall–Kier alpha value is -1.74. The van der Waals surface area contributed by atoms with Crippen LogP contribution in [0.3, 0.4) is 0 Å².